The van der Waals surface area contributed by atoms with Crippen molar-refractivity contribution in [3.8, 4) is 0 Å². The van der Waals surface area contributed by atoms with Crippen LogP contribution in [0.1, 0.15) is 60.4 Å². The van der Waals surface area contributed by atoms with Crippen molar-refractivity contribution in [2.75, 3.05) is 13.1 Å². The molecule has 0 spiro atoms. The first kappa shape index (κ1) is 17.7. The van der Waals surface area contributed by atoms with Gasteiger partial charge >= 0.3 is 0 Å². The summed E-state index contributed by atoms with van der Waals surface area (Å²) in [5, 5.41) is 4.09. The maximum absolute atomic E-state index is 13.0. The standard InChI is InChI=1S/C20H25N5O2/c1-13(2)9-17-22-19(27-23-17)15-5-4-8-24(11-15)20(26)16-12-25-10-14(3)6-7-18(25)21-16/h6-7,10,12-13,15H,4-5,8-9,11H2,1-3H3/t15-/m0/s1. The second-order valence-corrected chi connectivity index (χ2v) is 7.84. The zero-order chi connectivity index (χ0) is 19.0. The first-order valence-corrected chi connectivity index (χ1v) is 9.56. The zero-order valence-corrected chi connectivity index (χ0v) is 16.1. The number of fused-ring (bicyclic) bond motifs is 1. The molecule has 0 aromatic carbocycles. The number of piperidine rings is 1. The fourth-order valence-electron chi connectivity index (χ4n) is 3.61. The van der Waals surface area contributed by atoms with E-state index in [1.807, 2.05) is 40.8 Å². The van der Waals surface area contributed by atoms with Crippen LogP contribution in [-0.4, -0.2) is 43.4 Å². The molecule has 0 N–H and O–H groups in total. The van der Waals surface area contributed by atoms with Gasteiger partial charge in [-0.3, -0.25) is 4.79 Å². The lowest BCUT2D eigenvalue weighted by atomic mass is 9.97. The van der Waals surface area contributed by atoms with Crippen molar-refractivity contribution in [1.82, 2.24) is 24.4 Å². The van der Waals surface area contributed by atoms with Crippen molar-refractivity contribution in [2.45, 2.75) is 46.0 Å². The molecule has 3 aromatic rings. The molecule has 142 valence electrons. The molecule has 1 fully saturated rings. The Balaban J connectivity index is 1.49. The van der Waals surface area contributed by atoms with E-state index >= 15 is 0 Å². The molecule has 1 atom stereocenters. The zero-order valence-electron chi connectivity index (χ0n) is 16.1. The van der Waals surface area contributed by atoms with E-state index in [9.17, 15) is 4.79 Å². The largest absolute Gasteiger partial charge is 0.339 e. The minimum absolute atomic E-state index is 0.0389. The molecule has 0 bridgehead atoms. The van der Waals surface area contributed by atoms with Gasteiger partial charge in [0.05, 0.1) is 5.92 Å². The van der Waals surface area contributed by atoms with Crippen LogP contribution in [0.25, 0.3) is 5.65 Å². The van der Waals surface area contributed by atoms with Gasteiger partial charge in [0.1, 0.15) is 11.3 Å². The average Bonchev–Trinajstić information content (AvgIpc) is 3.27. The number of likely N-dealkylation sites (tertiary alicyclic amines) is 1. The number of nitrogens with zero attached hydrogens (tertiary/aromatic N) is 5. The highest BCUT2D eigenvalue weighted by Crippen LogP contribution is 2.27. The third-order valence-corrected chi connectivity index (χ3v) is 4.95. The number of carbonyl (C=O) groups is 1. The summed E-state index contributed by atoms with van der Waals surface area (Å²) in [5.41, 5.74) is 2.39. The molecule has 4 rings (SSSR count). The summed E-state index contributed by atoms with van der Waals surface area (Å²) < 4.78 is 7.38. The molecular formula is C20H25N5O2. The Morgan fingerprint density at radius 1 is 1.30 bits per heavy atom. The van der Waals surface area contributed by atoms with E-state index < -0.39 is 0 Å². The molecule has 0 saturated carbocycles. The van der Waals surface area contributed by atoms with Crippen molar-refractivity contribution in [2.24, 2.45) is 5.92 Å². The monoisotopic (exact) mass is 367 g/mol. The van der Waals surface area contributed by atoms with Crippen molar-refractivity contribution >= 4 is 11.6 Å². The van der Waals surface area contributed by atoms with Crippen LogP contribution in [0.5, 0.6) is 0 Å². The molecule has 0 unspecified atom stereocenters. The van der Waals surface area contributed by atoms with Crippen LogP contribution in [0, 0.1) is 12.8 Å². The van der Waals surface area contributed by atoms with Crippen LogP contribution in [-0.2, 0) is 6.42 Å². The fourth-order valence-corrected chi connectivity index (χ4v) is 3.61. The highest BCUT2D eigenvalue weighted by molar-refractivity contribution is 5.93. The highest BCUT2D eigenvalue weighted by atomic mass is 16.5. The van der Waals surface area contributed by atoms with E-state index in [2.05, 4.69) is 29.0 Å². The molecule has 1 amide bonds. The van der Waals surface area contributed by atoms with Crippen molar-refractivity contribution in [3.63, 3.8) is 0 Å². The van der Waals surface area contributed by atoms with Gasteiger partial charge < -0.3 is 13.8 Å². The predicted molar refractivity (Wildman–Crippen MR) is 101 cm³/mol. The summed E-state index contributed by atoms with van der Waals surface area (Å²) in [6.07, 6.45) is 6.47. The lowest BCUT2D eigenvalue weighted by Gasteiger charge is -2.30. The lowest BCUT2D eigenvalue weighted by Crippen LogP contribution is -2.39. The maximum Gasteiger partial charge on any atom is 0.274 e. The molecule has 0 aliphatic carbocycles. The lowest BCUT2D eigenvalue weighted by molar-refractivity contribution is 0.0690. The summed E-state index contributed by atoms with van der Waals surface area (Å²) in [5.74, 6) is 1.94. The summed E-state index contributed by atoms with van der Waals surface area (Å²) >= 11 is 0. The van der Waals surface area contributed by atoms with Gasteiger partial charge in [-0.05, 0) is 37.3 Å². The number of hydrogen-bond donors (Lipinski definition) is 0. The minimum atomic E-state index is -0.0389. The Hall–Kier alpha value is -2.70. The van der Waals surface area contributed by atoms with Crippen molar-refractivity contribution in [1.29, 1.82) is 0 Å². The number of aryl methyl sites for hydroxylation is 1. The van der Waals surface area contributed by atoms with Crippen LogP contribution in [0.2, 0.25) is 0 Å². The molecular weight excluding hydrogens is 342 g/mol. The Morgan fingerprint density at radius 2 is 2.15 bits per heavy atom. The van der Waals surface area contributed by atoms with E-state index in [4.69, 9.17) is 4.52 Å². The second-order valence-electron chi connectivity index (χ2n) is 7.84. The first-order chi connectivity index (χ1) is 13.0. The highest BCUT2D eigenvalue weighted by Gasteiger charge is 2.30. The second kappa shape index (κ2) is 7.13. The molecule has 1 saturated heterocycles. The third-order valence-electron chi connectivity index (χ3n) is 4.95. The Morgan fingerprint density at radius 3 is 2.96 bits per heavy atom. The van der Waals surface area contributed by atoms with Crippen molar-refractivity contribution in [3.05, 3.63) is 47.5 Å². The number of carbonyl (C=O) groups excluding carboxylic acids is 1. The van der Waals surface area contributed by atoms with Crippen LogP contribution in [0.4, 0.5) is 0 Å². The number of amides is 1. The van der Waals surface area contributed by atoms with Gasteiger partial charge in [-0.15, -0.1) is 0 Å². The van der Waals surface area contributed by atoms with Gasteiger partial charge in [-0.2, -0.15) is 4.98 Å². The van der Waals surface area contributed by atoms with Gasteiger partial charge in [0.25, 0.3) is 5.91 Å². The van der Waals surface area contributed by atoms with E-state index in [0.29, 0.717) is 24.0 Å². The van der Waals surface area contributed by atoms with Gasteiger partial charge in [0, 0.05) is 31.9 Å². The molecule has 7 heteroatoms. The molecule has 7 nitrogen and oxygen atoms in total. The average molecular weight is 367 g/mol. The SMILES string of the molecule is Cc1ccc2nc(C(=O)N3CCC[C@H](c4nc(CC(C)C)no4)C3)cn2c1. The van der Waals surface area contributed by atoms with Gasteiger partial charge in [0.15, 0.2) is 5.82 Å². The quantitative estimate of drug-likeness (QED) is 0.707. The smallest absolute Gasteiger partial charge is 0.274 e. The number of aromatic nitrogens is 4. The molecule has 4 heterocycles. The van der Waals surface area contributed by atoms with Crippen LogP contribution < -0.4 is 0 Å². The molecule has 3 aromatic heterocycles. The summed E-state index contributed by atoms with van der Waals surface area (Å²) in [7, 11) is 0. The van der Waals surface area contributed by atoms with Crippen LogP contribution in [0.15, 0.2) is 29.0 Å². The van der Waals surface area contributed by atoms with E-state index in [1.165, 1.54) is 0 Å². The van der Waals surface area contributed by atoms with Crippen LogP contribution >= 0.6 is 0 Å². The molecule has 1 aliphatic heterocycles. The summed E-state index contributed by atoms with van der Waals surface area (Å²) in [4.78, 5) is 23.9. The van der Waals surface area contributed by atoms with E-state index in [0.717, 1.165) is 42.8 Å². The number of hydrogen-bond acceptors (Lipinski definition) is 5. The summed E-state index contributed by atoms with van der Waals surface area (Å²) in [6.45, 7) is 7.61. The predicted octanol–water partition coefficient (Wildman–Crippen LogP) is 3.24. The Bertz CT molecular complexity index is 958. The minimum Gasteiger partial charge on any atom is -0.339 e. The van der Waals surface area contributed by atoms with Gasteiger partial charge in [0.2, 0.25) is 5.89 Å². The fraction of sp³-hybridized carbons (Fsp3) is 0.500. The summed E-state index contributed by atoms with van der Waals surface area (Å²) in [6, 6.07) is 3.93. The number of rotatable bonds is 4. The Labute approximate surface area is 158 Å². The first-order valence-electron chi connectivity index (χ1n) is 9.56. The number of imidazole rings is 1. The third kappa shape index (κ3) is 3.72. The normalized spacial score (nSPS) is 17.8. The molecule has 0 radical (unpaired) electrons. The Kier molecular flexibility index (Phi) is 4.68. The number of pyridine rings is 1. The van der Waals surface area contributed by atoms with Crippen LogP contribution in [0.3, 0.4) is 0 Å². The van der Waals surface area contributed by atoms with E-state index in [-0.39, 0.29) is 11.8 Å². The van der Waals surface area contributed by atoms with E-state index in [1.54, 1.807) is 0 Å². The maximum atomic E-state index is 13.0. The van der Waals surface area contributed by atoms with Gasteiger partial charge in [-0.25, -0.2) is 4.98 Å². The topological polar surface area (TPSA) is 76.5 Å². The molecule has 27 heavy (non-hydrogen) atoms. The molecule has 1 aliphatic rings. The van der Waals surface area contributed by atoms with Crippen molar-refractivity contribution < 1.29 is 9.32 Å². The van der Waals surface area contributed by atoms with Gasteiger partial charge in [-0.1, -0.05) is 25.1 Å².